The molecule has 0 aliphatic carbocycles. The van der Waals surface area contributed by atoms with E-state index in [9.17, 15) is 30.7 Å². The first-order valence-corrected chi connectivity index (χ1v) is 13.7. The van der Waals surface area contributed by atoms with Crippen molar-refractivity contribution in [2.45, 2.75) is 38.5 Å². The monoisotopic (exact) mass is 622 g/mol. The van der Waals surface area contributed by atoms with Gasteiger partial charge in [-0.25, -0.2) is 18.7 Å². The fourth-order valence-corrected chi connectivity index (χ4v) is 4.98. The third-order valence-corrected chi connectivity index (χ3v) is 6.96. The Hall–Kier alpha value is -3.53. The number of aryl methyl sites for hydroxylation is 1. The first-order valence-electron chi connectivity index (χ1n) is 12.5. The topological polar surface area (TPSA) is 35.0 Å². The minimum Gasteiger partial charge on any atom is -0.429 e. The van der Waals surface area contributed by atoms with Gasteiger partial charge in [0.05, 0.1) is 5.56 Å². The van der Waals surface area contributed by atoms with Crippen LogP contribution in [-0.2, 0) is 18.7 Å². The molecule has 1 aromatic heterocycles. The van der Waals surface area contributed by atoms with Crippen LogP contribution in [0.4, 0.5) is 30.7 Å². The molecule has 0 amide bonds. The van der Waals surface area contributed by atoms with Crippen molar-refractivity contribution < 1.29 is 35.5 Å². The Bertz CT molecular complexity index is 1600. The van der Waals surface area contributed by atoms with Gasteiger partial charge in [0.15, 0.2) is 5.82 Å². The second-order valence-corrected chi connectivity index (χ2v) is 10.5. The van der Waals surface area contributed by atoms with Crippen LogP contribution in [0.3, 0.4) is 0 Å². The molecule has 3 aromatic carbocycles. The lowest BCUT2D eigenvalue weighted by Gasteiger charge is -2.22. The molecule has 3 nitrogen and oxygen atoms in total. The van der Waals surface area contributed by atoms with Gasteiger partial charge in [-0.05, 0) is 71.5 Å². The van der Waals surface area contributed by atoms with E-state index >= 15 is 0 Å². The third-order valence-electron chi connectivity index (χ3n) is 6.05. The summed E-state index contributed by atoms with van der Waals surface area (Å²) in [6.07, 6.45) is -2.76. The summed E-state index contributed by atoms with van der Waals surface area (Å²) in [4.78, 5) is 8.79. The number of aromatic nitrogens is 2. The van der Waals surface area contributed by atoms with Crippen molar-refractivity contribution in [3.8, 4) is 29.0 Å². The highest BCUT2D eigenvalue weighted by Gasteiger charge is 2.41. The van der Waals surface area contributed by atoms with Gasteiger partial charge in [-0.1, -0.05) is 25.2 Å². The van der Waals surface area contributed by atoms with Gasteiger partial charge in [-0.3, -0.25) is 0 Å². The van der Waals surface area contributed by atoms with E-state index in [2.05, 4.69) is 33.5 Å². The fraction of sp³-hybridized carbons (Fsp3) is 0.200. The van der Waals surface area contributed by atoms with Crippen LogP contribution in [-0.4, -0.2) is 9.97 Å². The quantitative estimate of drug-likeness (QED) is 0.123. The van der Waals surface area contributed by atoms with Crippen LogP contribution in [0.1, 0.15) is 47.6 Å². The lowest BCUT2D eigenvalue weighted by atomic mass is 10.1. The molecule has 0 saturated heterocycles. The summed E-state index contributed by atoms with van der Waals surface area (Å²) in [5.41, 5.74) is -0.340. The van der Waals surface area contributed by atoms with E-state index < -0.39 is 46.1 Å². The number of ether oxygens (including phenoxy) is 1. The first kappa shape index (κ1) is 31.4. The van der Waals surface area contributed by atoms with E-state index in [-0.39, 0.29) is 16.9 Å². The van der Waals surface area contributed by atoms with Crippen LogP contribution in [0.2, 0.25) is 0 Å². The average Bonchev–Trinajstić information content (AvgIpc) is 2.89. The summed E-state index contributed by atoms with van der Waals surface area (Å²) in [6, 6.07) is 9.70. The van der Waals surface area contributed by atoms with Crippen LogP contribution in [0.25, 0.3) is 11.4 Å². The van der Waals surface area contributed by atoms with Gasteiger partial charge in [0, 0.05) is 35.2 Å². The second kappa shape index (κ2) is 12.8. The zero-order valence-corrected chi connectivity index (χ0v) is 24.3. The lowest BCUT2D eigenvalue weighted by Crippen LogP contribution is -2.29. The molecule has 0 N–H and O–H groups in total. The zero-order valence-electron chi connectivity index (χ0n) is 22.0. The van der Waals surface area contributed by atoms with Crippen LogP contribution in [0.15, 0.2) is 60.9 Å². The summed E-state index contributed by atoms with van der Waals surface area (Å²) in [5, 5.41) is -1.05. The molecule has 4 aromatic rings. The number of hydrogen-bond acceptors (Lipinski definition) is 3. The van der Waals surface area contributed by atoms with Crippen LogP contribution >= 0.6 is 18.5 Å². The standard InChI is InChI=1S/C30H23F7N2OP2/c1-2-3-4-19-15-38-28(39-16-19)20-9-7-17(8-10-20)5-6-18-11-22(31)27(24(41)12-18)30(36,37)40-21-13-23(32)26(25(42)14-21)29(33,34)35/h7-16H,2-4,41-42H2,1H3. The fourth-order valence-electron chi connectivity index (χ4n) is 4.03. The maximum atomic E-state index is 14.9. The number of nitrogens with zero attached hydrogens (tertiary/aromatic N) is 2. The van der Waals surface area contributed by atoms with E-state index in [0.29, 0.717) is 17.5 Å². The van der Waals surface area contributed by atoms with Gasteiger partial charge < -0.3 is 4.74 Å². The molecule has 218 valence electrons. The predicted molar refractivity (Wildman–Crippen MR) is 153 cm³/mol. The molecule has 0 radical (unpaired) electrons. The maximum absolute atomic E-state index is 14.9. The molecule has 0 bridgehead atoms. The molecule has 12 heteroatoms. The SMILES string of the molecule is CCCCc1cnc(-c2ccc(C#Cc3cc(F)c(C(F)(F)Oc4cc(F)c(C(F)(F)F)c(P)c4)c(P)c3)cc2)nc1. The highest BCUT2D eigenvalue weighted by Crippen LogP contribution is 2.37. The highest BCUT2D eigenvalue weighted by molar-refractivity contribution is 7.27. The van der Waals surface area contributed by atoms with Crippen molar-refractivity contribution in [3.05, 3.63) is 100 Å². The van der Waals surface area contributed by atoms with Crippen molar-refractivity contribution >= 4 is 29.1 Å². The minimum atomic E-state index is -5.05. The summed E-state index contributed by atoms with van der Waals surface area (Å²) in [7, 11) is 3.57. The van der Waals surface area contributed by atoms with Gasteiger partial charge >= 0.3 is 12.3 Å². The Balaban J connectivity index is 1.51. The Morgan fingerprint density at radius 1 is 0.786 bits per heavy atom. The minimum absolute atomic E-state index is 0.0833. The molecule has 0 spiro atoms. The summed E-state index contributed by atoms with van der Waals surface area (Å²) in [6.45, 7) is 2.11. The van der Waals surface area contributed by atoms with Crippen LogP contribution in [0, 0.1) is 23.5 Å². The van der Waals surface area contributed by atoms with Gasteiger partial charge in [-0.2, -0.15) is 22.0 Å². The van der Waals surface area contributed by atoms with E-state index in [1.165, 1.54) is 6.07 Å². The van der Waals surface area contributed by atoms with Gasteiger partial charge in [0.2, 0.25) is 0 Å². The molecule has 2 atom stereocenters. The molecule has 42 heavy (non-hydrogen) atoms. The predicted octanol–water partition coefficient (Wildman–Crippen LogP) is 7.31. The number of rotatable bonds is 7. The van der Waals surface area contributed by atoms with Crippen molar-refractivity contribution in [2.24, 2.45) is 0 Å². The molecule has 0 fully saturated rings. The maximum Gasteiger partial charge on any atom is 0.430 e. The van der Waals surface area contributed by atoms with Gasteiger partial charge in [0.25, 0.3) is 0 Å². The molecule has 2 unspecified atom stereocenters. The first-order chi connectivity index (χ1) is 19.8. The van der Waals surface area contributed by atoms with Crippen molar-refractivity contribution in [1.29, 1.82) is 0 Å². The molecular formula is C30H23F7N2OP2. The van der Waals surface area contributed by atoms with E-state index in [1.54, 1.807) is 45.9 Å². The zero-order chi connectivity index (χ0) is 30.7. The smallest absolute Gasteiger partial charge is 0.429 e. The van der Waals surface area contributed by atoms with Gasteiger partial charge in [0.1, 0.15) is 22.9 Å². The van der Waals surface area contributed by atoms with Crippen molar-refractivity contribution in [3.63, 3.8) is 0 Å². The Labute approximate surface area is 242 Å². The second-order valence-electron chi connectivity index (χ2n) is 9.25. The number of hydrogen-bond donors (Lipinski definition) is 0. The molecule has 4 rings (SSSR count). The number of halogens is 7. The Morgan fingerprint density at radius 3 is 1.95 bits per heavy atom. The molecule has 0 saturated carbocycles. The van der Waals surface area contributed by atoms with E-state index in [4.69, 9.17) is 0 Å². The Kier molecular flexibility index (Phi) is 9.55. The van der Waals surface area contributed by atoms with Crippen molar-refractivity contribution in [2.75, 3.05) is 0 Å². The normalized spacial score (nSPS) is 11.7. The number of alkyl halides is 5. The molecule has 0 aliphatic rings. The third kappa shape index (κ3) is 7.45. The largest absolute Gasteiger partial charge is 0.430 e. The summed E-state index contributed by atoms with van der Waals surface area (Å²) in [5.74, 6) is 2.01. The molecule has 1 heterocycles. The van der Waals surface area contributed by atoms with Gasteiger partial charge in [-0.15, -0.1) is 18.5 Å². The average molecular weight is 622 g/mol. The summed E-state index contributed by atoms with van der Waals surface area (Å²) < 4.78 is 102. The molecular weight excluding hydrogens is 599 g/mol. The Morgan fingerprint density at radius 2 is 1.38 bits per heavy atom. The number of benzene rings is 3. The van der Waals surface area contributed by atoms with Crippen LogP contribution < -0.4 is 15.3 Å². The van der Waals surface area contributed by atoms with Crippen molar-refractivity contribution in [1.82, 2.24) is 9.97 Å². The number of unbranched alkanes of at least 4 members (excludes halogenated alkanes) is 1. The lowest BCUT2D eigenvalue weighted by molar-refractivity contribution is -0.186. The highest BCUT2D eigenvalue weighted by atomic mass is 31.0. The summed E-state index contributed by atoms with van der Waals surface area (Å²) >= 11 is 0. The molecule has 0 aliphatic heterocycles. The van der Waals surface area contributed by atoms with E-state index in [1.807, 2.05) is 9.24 Å². The van der Waals surface area contributed by atoms with E-state index in [0.717, 1.165) is 36.5 Å². The van der Waals surface area contributed by atoms with Crippen LogP contribution in [0.5, 0.6) is 5.75 Å².